The van der Waals surface area contributed by atoms with E-state index in [1.54, 1.807) is 0 Å². The fraction of sp³-hybridized carbons (Fsp3) is 0.444. The second kappa shape index (κ2) is 11.6. The number of para-hydroxylation sites is 1. The highest BCUT2D eigenvalue weighted by Crippen LogP contribution is 2.35. The molecular formula is C27H32F3N7O2S2. The van der Waals surface area contributed by atoms with Crippen LogP contribution in [0, 0.1) is 11.8 Å². The lowest BCUT2D eigenvalue weighted by Gasteiger charge is -2.28. The number of alkyl halides is 3. The van der Waals surface area contributed by atoms with Gasteiger partial charge in [0.2, 0.25) is 16.0 Å². The predicted molar refractivity (Wildman–Crippen MR) is 155 cm³/mol. The molecule has 1 aliphatic rings. The van der Waals surface area contributed by atoms with Gasteiger partial charge >= 0.3 is 6.18 Å². The molecule has 4 aromatic rings. The Hall–Kier alpha value is -3.23. The van der Waals surface area contributed by atoms with Gasteiger partial charge in [-0.25, -0.2) is 18.1 Å². The lowest BCUT2D eigenvalue weighted by Crippen LogP contribution is -2.32. The van der Waals surface area contributed by atoms with E-state index in [9.17, 15) is 21.6 Å². The number of sulfonamides is 1. The molecule has 220 valence electrons. The number of hydrogen-bond acceptors (Lipinski definition) is 8. The van der Waals surface area contributed by atoms with E-state index < -0.39 is 21.9 Å². The summed E-state index contributed by atoms with van der Waals surface area (Å²) in [5.41, 5.74) is 0.0801. The average Bonchev–Trinajstić information content (AvgIpc) is 3.58. The summed E-state index contributed by atoms with van der Waals surface area (Å²) in [4.78, 5) is 11.7. The number of halogens is 3. The van der Waals surface area contributed by atoms with E-state index in [4.69, 9.17) is 4.98 Å². The van der Waals surface area contributed by atoms with Crippen molar-refractivity contribution in [3.05, 3.63) is 48.2 Å². The number of hydrogen-bond donors (Lipinski definition) is 2. The highest BCUT2D eigenvalue weighted by Gasteiger charge is 2.35. The molecule has 9 nitrogen and oxygen atoms in total. The lowest BCUT2D eigenvalue weighted by molar-refractivity contribution is -0.141. The van der Waals surface area contributed by atoms with E-state index in [0.717, 1.165) is 71.0 Å². The molecule has 1 saturated carbocycles. The number of anilines is 2. The zero-order valence-electron chi connectivity index (χ0n) is 22.9. The van der Waals surface area contributed by atoms with E-state index in [-0.39, 0.29) is 15.8 Å². The Kier molecular flexibility index (Phi) is 8.26. The van der Waals surface area contributed by atoms with Crippen molar-refractivity contribution >= 4 is 44.0 Å². The Morgan fingerprint density at radius 2 is 1.71 bits per heavy atom. The third-order valence-electron chi connectivity index (χ3n) is 7.35. The summed E-state index contributed by atoms with van der Waals surface area (Å²) in [5.74, 6) is 2.10. The molecule has 14 heteroatoms. The molecule has 2 N–H and O–H groups in total. The quantitative estimate of drug-likeness (QED) is 0.264. The maximum Gasteiger partial charge on any atom is 0.435 e. The maximum atomic E-state index is 13.0. The summed E-state index contributed by atoms with van der Waals surface area (Å²) >= 11 is 0.924. The van der Waals surface area contributed by atoms with Crippen molar-refractivity contribution in [1.29, 1.82) is 0 Å². The van der Waals surface area contributed by atoms with Crippen LogP contribution >= 0.6 is 11.3 Å². The number of fused-ring (bicyclic) bond motifs is 1. The van der Waals surface area contributed by atoms with Gasteiger partial charge in [0.25, 0.3) is 0 Å². The molecule has 0 aliphatic heterocycles. The van der Waals surface area contributed by atoms with Gasteiger partial charge in [0.05, 0.1) is 16.1 Å². The molecule has 0 atom stereocenters. The monoisotopic (exact) mass is 607 g/mol. The number of nitrogens with one attached hydrogen (secondary N) is 2. The number of nitrogens with zero attached hydrogens (tertiary/aromatic N) is 5. The third kappa shape index (κ3) is 6.65. The Bertz CT molecular complexity index is 1630. The second-order valence-corrected chi connectivity index (χ2v) is 13.6. The van der Waals surface area contributed by atoms with Crippen LogP contribution in [0.3, 0.4) is 0 Å². The van der Waals surface area contributed by atoms with Crippen LogP contribution in [-0.2, 0) is 23.2 Å². The fourth-order valence-corrected chi connectivity index (χ4v) is 7.61. The standard InChI is InChI=1S/C27H32F3N7O2S2/c1-36(2)25-19-6-4-5-7-20(19)33-26(34-25)31-15-17-8-10-18(11-9-17)16-32-41(38,39)24-13-12-22(40-24)21-14-23(27(28,29)30)35-37(21)3/h4-7,12-14,17-18,32H,8-11,15-16H2,1-3H3,(H,31,33,34). The van der Waals surface area contributed by atoms with Crippen LogP contribution in [0.25, 0.3) is 21.5 Å². The summed E-state index contributed by atoms with van der Waals surface area (Å²) < 4.78 is 68.8. The molecule has 0 unspecified atom stereocenters. The molecule has 1 aromatic carbocycles. The normalized spacial score (nSPS) is 18.1. The first-order valence-corrected chi connectivity index (χ1v) is 15.6. The largest absolute Gasteiger partial charge is 0.435 e. The van der Waals surface area contributed by atoms with E-state index in [1.807, 2.05) is 43.3 Å². The number of rotatable bonds is 9. The number of aromatic nitrogens is 4. The minimum absolute atomic E-state index is 0.0626. The Labute approximate surface area is 240 Å². The van der Waals surface area contributed by atoms with E-state index in [0.29, 0.717) is 23.3 Å². The summed E-state index contributed by atoms with van der Waals surface area (Å²) in [5, 5.41) is 7.90. The average molecular weight is 608 g/mol. The molecule has 0 saturated heterocycles. The lowest BCUT2D eigenvalue weighted by atomic mass is 9.82. The molecule has 1 fully saturated rings. The highest BCUT2D eigenvalue weighted by molar-refractivity contribution is 7.91. The molecule has 0 bridgehead atoms. The number of benzene rings is 1. The van der Waals surface area contributed by atoms with Gasteiger partial charge < -0.3 is 10.2 Å². The number of thiophene rings is 1. The summed E-state index contributed by atoms with van der Waals surface area (Å²) in [6.07, 6.45) is -0.876. The highest BCUT2D eigenvalue weighted by atomic mass is 32.2. The zero-order chi connectivity index (χ0) is 29.4. The van der Waals surface area contributed by atoms with Gasteiger partial charge in [0, 0.05) is 39.6 Å². The maximum absolute atomic E-state index is 13.0. The molecule has 41 heavy (non-hydrogen) atoms. The van der Waals surface area contributed by atoms with Gasteiger partial charge in [0.1, 0.15) is 10.0 Å². The molecule has 5 rings (SSSR count). The smallest absolute Gasteiger partial charge is 0.362 e. The van der Waals surface area contributed by atoms with Crippen molar-refractivity contribution in [2.24, 2.45) is 18.9 Å². The third-order valence-corrected chi connectivity index (χ3v) is 10.4. The van der Waals surface area contributed by atoms with Crippen LogP contribution in [0.1, 0.15) is 31.4 Å². The fourth-order valence-electron chi connectivity index (χ4n) is 5.09. The van der Waals surface area contributed by atoms with Crippen LogP contribution in [0.15, 0.2) is 46.7 Å². The van der Waals surface area contributed by atoms with Gasteiger partial charge in [-0.2, -0.15) is 23.3 Å². The first-order valence-electron chi connectivity index (χ1n) is 13.3. The minimum Gasteiger partial charge on any atom is -0.362 e. The summed E-state index contributed by atoms with van der Waals surface area (Å²) in [6, 6.07) is 11.8. The molecule has 0 spiro atoms. The van der Waals surface area contributed by atoms with Crippen molar-refractivity contribution in [2.75, 3.05) is 37.4 Å². The van der Waals surface area contributed by atoms with Gasteiger partial charge in [-0.15, -0.1) is 11.3 Å². The van der Waals surface area contributed by atoms with Gasteiger partial charge in [-0.05, 0) is 67.9 Å². The molecule has 1 aliphatic carbocycles. The van der Waals surface area contributed by atoms with Crippen molar-refractivity contribution in [1.82, 2.24) is 24.5 Å². The van der Waals surface area contributed by atoms with Crippen LogP contribution in [0.4, 0.5) is 24.9 Å². The Balaban J connectivity index is 1.13. The Morgan fingerprint density at radius 1 is 1.02 bits per heavy atom. The summed E-state index contributed by atoms with van der Waals surface area (Å²) in [7, 11) is 1.53. The van der Waals surface area contributed by atoms with Gasteiger partial charge in [0.15, 0.2) is 5.69 Å². The topological polar surface area (TPSA) is 105 Å². The Morgan fingerprint density at radius 3 is 2.37 bits per heavy atom. The molecule has 3 heterocycles. The van der Waals surface area contributed by atoms with E-state index in [2.05, 4.69) is 20.1 Å². The van der Waals surface area contributed by atoms with Crippen molar-refractivity contribution < 1.29 is 21.6 Å². The first kappa shape index (κ1) is 29.3. The van der Waals surface area contributed by atoms with Crippen LogP contribution < -0.4 is 14.9 Å². The van der Waals surface area contributed by atoms with Gasteiger partial charge in [-0.3, -0.25) is 4.68 Å². The van der Waals surface area contributed by atoms with Crippen LogP contribution in [-0.4, -0.2) is 55.4 Å². The predicted octanol–water partition coefficient (Wildman–Crippen LogP) is 5.37. The second-order valence-electron chi connectivity index (χ2n) is 10.6. The number of aryl methyl sites for hydroxylation is 1. The minimum atomic E-state index is -4.57. The van der Waals surface area contributed by atoms with E-state index in [1.165, 1.54) is 19.2 Å². The first-order chi connectivity index (χ1) is 19.4. The molecule has 0 radical (unpaired) electrons. The zero-order valence-corrected chi connectivity index (χ0v) is 24.6. The van der Waals surface area contributed by atoms with Crippen molar-refractivity contribution in [3.63, 3.8) is 0 Å². The summed E-state index contributed by atoms with van der Waals surface area (Å²) in [6.45, 7) is 1.06. The molecule has 3 aromatic heterocycles. The molecular weight excluding hydrogens is 575 g/mol. The van der Waals surface area contributed by atoms with E-state index >= 15 is 0 Å². The van der Waals surface area contributed by atoms with Crippen LogP contribution in [0.5, 0.6) is 0 Å². The van der Waals surface area contributed by atoms with Gasteiger partial charge in [-0.1, -0.05) is 12.1 Å². The van der Waals surface area contributed by atoms with Crippen molar-refractivity contribution in [2.45, 2.75) is 36.1 Å². The van der Waals surface area contributed by atoms with Crippen molar-refractivity contribution in [3.8, 4) is 10.6 Å². The van der Waals surface area contributed by atoms with Crippen LogP contribution in [0.2, 0.25) is 0 Å². The molecule has 0 amide bonds. The SMILES string of the molecule is CN(C)c1nc(NCC2CCC(CNS(=O)(=O)c3ccc(-c4cc(C(F)(F)F)nn4C)s3)CC2)nc2ccccc12.